The van der Waals surface area contributed by atoms with E-state index in [1.54, 1.807) is 31.3 Å². The summed E-state index contributed by atoms with van der Waals surface area (Å²) in [5.41, 5.74) is 2.82. The Morgan fingerprint density at radius 1 is 1.00 bits per heavy atom. The number of rotatable bonds is 8. The predicted octanol–water partition coefficient (Wildman–Crippen LogP) is 3.96. The maximum atomic E-state index is 13.2. The van der Waals surface area contributed by atoms with Crippen molar-refractivity contribution in [1.29, 1.82) is 0 Å². The van der Waals surface area contributed by atoms with Gasteiger partial charge in [-0.2, -0.15) is 0 Å². The first-order chi connectivity index (χ1) is 17.0. The molecule has 1 fully saturated rings. The SMILES string of the molecule is CCOC(=O)N1CCN(c2nc3cc(OC)c(OC)cc3cc2CNCc2ccc(F)cc2)CC1. The molecule has 1 N–H and O–H groups in total. The van der Waals surface area contributed by atoms with Gasteiger partial charge in [-0.25, -0.2) is 14.2 Å². The van der Waals surface area contributed by atoms with Crippen molar-refractivity contribution < 1.29 is 23.4 Å². The molecule has 186 valence electrons. The Morgan fingerprint density at radius 2 is 1.69 bits per heavy atom. The highest BCUT2D eigenvalue weighted by atomic mass is 19.1. The maximum absolute atomic E-state index is 13.2. The Morgan fingerprint density at radius 3 is 2.34 bits per heavy atom. The molecule has 0 radical (unpaired) electrons. The number of ether oxygens (including phenoxy) is 3. The van der Waals surface area contributed by atoms with Gasteiger partial charge in [-0.3, -0.25) is 0 Å². The summed E-state index contributed by atoms with van der Waals surface area (Å²) in [5.74, 6) is 1.87. The summed E-state index contributed by atoms with van der Waals surface area (Å²) in [6.45, 7) is 5.76. The number of methoxy groups -OCH3 is 2. The van der Waals surface area contributed by atoms with E-state index in [-0.39, 0.29) is 11.9 Å². The lowest BCUT2D eigenvalue weighted by Crippen LogP contribution is -2.49. The summed E-state index contributed by atoms with van der Waals surface area (Å²) in [4.78, 5) is 21.0. The zero-order chi connectivity index (χ0) is 24.8. The molecule has 1 saturated heterocycles. The van der Waals surface area contributed by atoms with Gasteiger partial charge in [0, 0.05) is 56.3 Å². The number of aromatic nitrogens is 1. The number of anilines is 1. The molecule has 9 heteroatoms. The lowest BCUT2D eigenvalue weighted by atomic mass is 10.1. The molecule has 1 aliphatic rings. The summed E-state index contributed by atoms with van der Waals surface area (Å²) in [6, 6.07) is 12.4. The number of benzene rings is 2. The Kier molecular flexibility index (Phi) is 7.87. The number of hydrogen-bond acceptors (Lipinski definition) is 7. The Labute approximate surface area is 204 Å². The highest BCUT2D eigenvalue weighted by Crippen LogP contribution is 2.34. The molecule has 2 heterocycles. The van der Waals surface area contributed by atoms with Gasteiger partial charge in [0.15, 0.2) is 11.5 Å². The normalized spacial score (nSPS) is 13.7. The van der Waals surface area contributed by atoms with Gasteiger partial charge in [0.05, 0.1) is 26.3 Å². The van der Waals surface area contributed by atoms with Crippen LogP contribution in [0.5, 0.6) is 11.5 Å². The second-order valence-electron chi connectivity index (χ2n) is 8.27. The average molecular weight is 483 g/mol. The maximum Gasteiger partial charge on any atom is 0.409 e. The van der Waals surface area contributed by atoms with Crippen molar-refractivity contribution in [3.05, 3.63) is 59.4 Å². The van der Waals surface area contributed by atoms with Crippen LogP contribution in [0.3, 0.4) is 0 Å². The predicted molar refractivity (Wildman–Crippen MR) is 133 cm³/mol. The minimum absolute atomic E-state index is 0.249. The summed E-state index contributed by atoms with van der Waals surface area (Å²) in [7, 11) is 3.21. The van der Waals surface area contributed by atoms with Gasteiger partial charge < -0.3 is 29.3 Å². The Bertz CT molecular complexity index is 1160. The van der Waals surface area contributed by atoms with E-state index in [2.05, 4.69) is 16.3 Å². The van der Waals surface area contributed by atoms with E-state index < -0.39 is 0 Å². The first-order valence-corrected chi connectivity index (χ1v) is 11.7. The first-order valence-electron chi connectivity index (χ1n) is 11.7. The molecule has 0 atom stereocenters. The van der Waals surface area contributed by atoms with E-state index in [1.165, 1.54) is 12.1 Å². The third-order valence-electron chi connectivity index (χ3n) is 6.04. The molecule has 35 heavy (non-hydrogen) atoms. The van der Waals surface area contributed by atoms with Gasteiger partial charge >= 0.3 is 6.09 Å². The van der Waals surface area contributed by atoms with Gasteiger partial charge in [-0.05, 0) is 36.8 Å². The lowest BCUT2D eigenvalue weighted by molar-refractivity contribution is 0.105. The van der Waals surface area contributed by atoms with Crippen LogP contribution < -0.4 is 19.7 Å². The molecular weight excluding hydrogens is 451 g/mol. The molecule has 3 aromatic rings. The number of amides is 1. The fourth-order valence-electron chi connectivity index (χ4n) is 4.20. The molecule has 0 bridgehead atoms. The van der Waals surface area contributed by atoms with E-state index >= 15 is 0 Å². The van der Waals surface area contributed by atoms with E-state index in [4.69, 9.17) is 19.2 Å². The number of pyridine rings is 1. The highest BCUT2D eigenvalue weighted by Gasteiger charge is 2.24. The quantitative estimate of drug-likeness (QED) is 0.521. The number of fused-ring (bicyclic) bond motifs is 1. The van der Waals surface area contributed by atoms with Crippen molar-refractivity contribution >= 4 is 22.8 Å². The number of carbonyl (C=O) groups is 1. The fraction of sp³-hybridized carbons (Fsp3) is 0.385. The standard InChI is InChI=1S/C26H31FN4O4/c1-4-35-26(32)31-11-9-30(10-12-31)25-20(17-28-16-18-5-7-21(27)8-6-18)13-19-14-23(33-2)24(34-3)15-22(19)29-25/h5-8,13-15,28H,4,9-12,16-17H2,1-3H3. The van der Waals surface area contributed by atoms with Crippen molar-refractivity contribution in [2.24, 2.45) is 0 Å². The van der Waals surface area contributed by atoms with Crippen molar-refractivity contribution in [3.8, 4) is 11.5 Å². The van der Waals surface area contributed by atoms with Crippen LogP contribution >= 0.6 is 0 Å². The number of hydrogen-bond donors (Lipinski definition) is 1. The second kappa shape index (κ2) is 11.2. The Balaban J connectivity index is 1.59. The summed E-state index contributed by atoms with van der Waals surface area (Å²) < 4.78 is 29.3. The van der Waals surface area contributed by atoms with Gasteiger partial charge in [-0.1, -0.05) is 12.1 Å². The zero-order valence-corrected chi connectivity index (χ0v) is 20.3. The van der Waals surface area contributed by atoms with E-state index in [0.29, 0.717) is 57.4 Å². The molecule has 1 aliphatic heterocycles. The smallest absolute Gasteiger partial charge is 0.409 e. The van der Waals surface area contributed by atoms with Crippen LogP contribution in [-0.4, -0.2) is 63.0 Å². The number of nitrogens with one attached hydrogen (secondary N) is 1. The van der Waals surface area contributed by atoms with Crippen molar-refractivity contribution in [1.82, 2.24) is 15.2 Å². The molecule has 1 amide bonds. The molecule has 0 unspecified atom stereocenters. The van der Waals surface area contributed by atoms with Gasteiger partial charge in [0.2, 0.25) is 0 Å². The molecule has 0 spiro atoms. The molecule has 0 aliphatic carbocycles. The van der Waals surface area contributed by atoms with Crippen LogP contribution in [0.25, 0.3) is 10.9 Å². The number of piperazine rings is 1. The van der Waals surface area contributed by atoms with Crippen LogP contribution in [0.15, 0.2) is 42.5 Å². The minimum atomic E-state index is -0.281. The van der Waals surface area contributed by atoms with E-state index in [1.807, 2.05) is 19.1 Å². The van der Waals surface area contributed by atoms with Gasteiger partial charge in [0.25, 0.3) is 0 Å². The van der Waals surface area contributed by atoms with Crippen molar-refractivity contribution in [2.75, 3.05) is 51.9 Å². The van der Waals surface area contributed by atoms with E-state index in [9.17, 15) is 9.18 Å². The van der Waals surface area contributed by atoms with Gasteiger partial charge in [0.1, 0.15) is 11.6 Å². The topological polar surface area (TPSA) is 76.2 Å². The third kappa shape index (κ3) is 5.74. The third-order valence-corrected chi connectivity index (χ3v) is 6.04. The molecule has 8 nitrogen and oxygen atoms in total. The summed E-state index contributed by atoms with van der Waals surface area (Å²) in [6.07, 6.45) is -0.281. The van der Waals surface area contributed by atoms with Crippen LogP contribution in [0.4, 0.5) is 15.0 Å². The van der Waals surface area contributed by atoms with Crippen molar-refractivity contribution in [2.45, 2.75) is 20.0 Å². The van der Waals surface area contributed by atoms with Crippen molar-refractivity contribution in [3.63, 3.8) is 0 Å². The number of halogens is 1. The second-order valence-corrected chi connectivity index (χ2v) is 8.27. The summed E-state index contributed by atoms with van der Waals surface area (Å²) in [5, 5.41) is 4.39. The zero-order valence-electron chi connectivity index (χ0n) is 20.3. The molecular formula is C26H31FN4O4. The largest absolute Gasteiger partial charge is 0.493 e. The molecule has 1 aromatic heterocycles. The Hall–Kier alpha value is -3.59. The number of nitrogens with zero attached hydrogens (tertiary/aromatic N) is 3. The average Bonchev–Trinajstić information content (AvgIpc) is 2.88. The summed E-state index contributed by atoms with van der Waals surface area (Å²) >= 11 is 0. The first kappa shape index (κ1) is 24.5. The molecule has 0 saturated carbocycles. The fourth-order valence-corrected chi connectivity index (χ4v) is 4.20. The lowest BCUT2D eigenvalue weighted by Gasteiger charge is -2.35. The van der Waals surface area contributed by atoms with E-state index in [0.717, 1.165) is 27.8 Å². The monoisotopic (exact) mass is 482 g/mol. The molecule has 2 aromatic carbocycles. The van der Waals surface area contributed by atoms with Crippen LogP contribution in [-0.2, 0) is 17.8 Å². The van der Waals surface area contributed by atoms with Crippen LogP contribution in [0.2, 0.25) is 0 Å². The molecule has 4 rings (SSSR count). The minimum Gasteiger partial charge on any atom is -0.493 e. The van der Waals surface area contributed by atoms with Crippen LogP contribution in [0.1, 0.15) is 18.1 Å². The van der Waals surface area contributed by atoms with Gasteiger partial charge in [-0.15, -0.1) is 0 Å². The van der Waals surface area contributed by atoms with Crippen LogP contribution in [0, 0.1) is 5.82 Å². The highest BCUT2D eigenvalue weighted by molar-refractivity contribution is 5.85. The number of carbonyl (C=O) groups excluding carboxylic acids is 1.